The van der Waals surface area contributed by atoms with E-state index in [1.807, 2.05) is 22.9 Å². The van der Waals surface area contributed by atoms with Gasteiger partial charge in [0, 0.05) is 42.0 Å². The molecule has 6 rings (SSSR count). The van der Waals surface area contributed by atoms with Crippen LogP contribution in [0.3, 0.4) is 0 Å². The molecule has 8 heteroatoms. The van der Waals surface area contributed by atoms with Crippen molar-refractivity contribution >= 4 is 27.8 Å². The molecule has 1 aromatic carbocycles. The van der Waals surface area contributed by atoms with E-state index in [2.05, 4.69) is 27.3 Å². The number of pyridine rings is 1. The first-order valence-corrected chi connectivity index (χ1v) is 13.5. The molecule has 1 saturated heterocycles. The zero-order chi connectivity index (χ0) is 24.6. The van der Waals surface area contributed by atoms with Crippen molar-refractivity contribution in [3.05, 3.63) is 40.3 Å². The lowest BCUT2D eigenvalue weighted by atomic mass is 9.92. The lowest BCUT2D eigenvalue weighted by molar-refractivity contribution is 0.111. The molecular weight excluding hydrogens is 452 g/mol. The van der Waals surface area contributed by atoms with Gasteiger partial charge in [0.25, 0.3) is 5.56 Å². The maximum atomic E-state index is 14.0. The Kier molecular flexibility index (Phi) is 6.36. The van der Waals surface area contributed by atoms with Crippen molar-refractivity contribution in [2.45, 2.75) is 70.1 Å². The topological polar surface area (TPSA) is 107 Å². The normalized spacial score (nSPS) is 23.7. The summed E-state index contributed by atoms with van der Waals surface area (Å²) in [6.45, 7) is 3.47. The number of aliphatic hydroxyl groups excluding tert-OH is 1. The third kappa shape index (κ3) is 4.70. The minimum absolute atomic E-state index is 0.00392. The highest BCUT2D eigenvalue weighted by Crippen LogP contribution is 2.33. The molecule has 2 N–H and O–H groups in total. The Morgan fingerprint density at radius 3 is 2.53 bits per heavy atom. The first-order valence-electron chi connectivity index (χ1n) is 13.5. The van der Waals surface area contributed by atoms with Crippen LogP contribution in [0.25, 0.3) is 21.8 Å². The summed E-state index contributed by atoms with van der Waals surface area (Å²) >= 11 is 0. The predicted octanol–water partition coefficient (Wildman–Crippen LogP) is 3.98. The minimum Gasteiger partial charge on any atom is -0.393 e. The van der Waals surface area contributed by atoms with Crippen molar-refractivity contribution in [3.8, 4) is 6.07 Å². The summed E-state index contributed by atoms with van der Waals surface area (Å²) in [5.74, 6) is 1.44. The lowest BCUT2D eigenvalue weighted by Crippen LogP contribution is -2.33. The molecule has 3 heterocycles. The molecule has 0 bridgehead atoms. The summed E-state index contributed by atoms with van der Waals surface area (Å²) in [7, 11) is 0. The number of piperidine rings is 1. The Balaban J connectivity index is 1.39. The number of anilines is 1. The molecule has 2 saturated carbocycles. The Morgan fingerprint density at radius 1 is 1.03 bits per heavy atom. The summed E-state index contributed by atoms with van der Waals surface area (Å²) in [6, 6.07) is 8.62. The van der Waals surface area contributed by atoms with Crippen LogP contribution in [0, 0.1) is 23.2 Å². The quantitative estimate of drug-likeness (QED) is 0.508. The van der Waals surface area contributed by atoms with Crippen molar-refractivity contribution in [2.24, 2.45) is 11.8 Å². The van der Waals surface area contributed by atoms with Gasteiger partial charge in [-0.1, -0.05) is 12.1 Å². The lowest BCUT2D eigenvalue weighted by Gasteiger charge is -2.29. The average Bonchev–Trinajstić information content (AvgIpc) is 3.74. The van der Waals surface area contributed by atoms with E-state index >= 15 is 0 Å². The predicted molar refractivity (Wildman–Crippen MR) is 140 cm³/mol. The highest BCUT2D eigenvalue weighted by Gasteiger charge is 2.26. The van der Waals surface area contributed by atoms with Crippen molar-refractivity contribution in [3.63, 3.8) is 0 Å². The van der Waals surface area contributed by atoms with Gasteiger partial charge in [-0.2, -0.15) is 10.2 Å². The number of hydrogen-bond donors (Lipinski definition) is 2. The van der Waals surface area contributed by atoms with Gasteiger partial charge < -0.3 is 10.4 Å². The van der Waals surface area contributed by atoms with Crippen molar-refractivity contribution in [1.82, 2.24) is 19.4 Å². The Hall–Kier alpha value is -3.02. The number of aliphatic hydroxyl groups is 1. The number of benzene rings is 1. The van der Waals surface area contributed by atoms with Gasteiger partial charge in [-0.15, -0.1) is 0 Å². The third-order valence-corrected chi connectivity index (χ3v) is 8.27. The second-order valence-corrected chi connectivity index (χ2v) is 11.0. The number of aromatic nitrogens is 3. The smallest absolute Gasteiger partial charge is 0.260 e. The van der Waals surface area contributed by atoms with E-state index in [0.717, 1.165) is 68.2 Å². The first kappa shape index (κ1) is 23.4. The molecule has 0 amide bonds. The van der Waals surface area contributed by atoms with E-state index in [0.29, 0.717) is 35.7 Å². The SMILES string of the molecule is N#CC1CCN(Cc2ccc3c(c2)c(=O)n(C2CCC(O)CC2)c2nc(NCC4CC4)ncc32)CC1. The molecule has 2 aromatic heterocycles. The van der Waals surface area contributed by atoms with E-state index in [9.17, 15) is 15.2 Å². The fourth-order valence-corrected chi connectivity index (χ4v) is 5.85. The van der Waals surface area contributed by atoms with Crippen LogP contribution in [0.5, 0.6) is 0 Å². The summed E-state index contributed by atoms with van der Waals surface area (Å²) < 4.78 is 1.88. The van der Waals surface area contributed by atoms with E-state index in [-0.39, 0.29) is 23.6 Å². The summed E-state index contributed by atoms with van der Waals surface area (Å²) in [4.78, 5) is 25.8. The highest BCUT2D eigenvalue weighted by atomic mass is 16.3. The van der Waals surface area contributed by atoms with E-state index in [1.54, 1.807) is 0 Å². The number of fused-ring (bicyclic) bond motifs is 3. The number of nitriles is 1. The number of rotatable bonds is 6. The zero-order valence-electron chi connectivity index (χ0n) is 20.7. The van der Waals surface area contributed by atoms with Crippen molar-refractivity contribution in [2.75, 3.05) is 25.0 Å². The fraction of sp³-hybridized carbons (Fsp3) is 0.571. The number of hydrogen-bond acceptors (Lipinski definition) is 7. The van der Waals surface area contributed by atoms with Gasteiger partial charge in [0.2, 0.25) is 5.95 Å². The highest BCUT2D eigenvalue weighted by molar-refractivity contribution is 6.04. The third-order valence-electron chi connectivity index (χ3n) is 8.27. The van der Waals surface area contributed by atoms with Gasteiger partial charge in [0.15, 0.2) is 0 Å². The van der Waals surface area contributed by atoms with Gasteiger partial charge in [-0.25, -0.2) is 4.98 Å². The Labute approximate surface area is 211 Å². The summed E-state index contributed by atoms with van der Waals surface area (Å²) in [5.41, 5.74) is 1.80. The van der Waals surface area contributed by atoms with Gasteiger partial charge in [0.05, 0.1) is 12.2 Å². The molecule has 36 heavy (non-hydrogen) atoms. The number of nitrogens with zero attached hydrogens (tertiary/aromatic N) is 5. The molecule has 0 unspecified atom stereocenters. The molecule has 0 atom stereocenters. The molecule has 0 radical (unpaired) electrons. The molecule has 1 aliphatic heterocycles. The van der Waals surface area contributed by atoms with Crippen LogP contribution in [0.15, 0.2) is 29.2 Å². The second-order valence-electron chi connectivity index (χ2n) is 11.0. The van der Waals surface area contributed by atoms with Crippen LogP contribution in [-0.2, 0) is 6.54 Å². The monoisotopic (exact) mass is 486 g/mol. The van der Waals surface area contributed by atoms with Crippen LogP contribution >= 0.6 is 0 Å². The van der Waals surface area contributed by atoms with Gasteiger partial charge >= 0.3 is 0 Å². The summed E-state index contributed by atoms with van der Waals surface area (Å²) in [6.07, 6.45) is 8.82. The molecule has 3 aliphatic rings. The first-order chi connectivity index (χ1) is 17.6. The maximum Gasteiger partial charge on any atom is 0.260 e. The minimum atomic E-state index is -0.286. The molecule has 3 fully saturated rings. The van der Waals surface area contributed by atoms with Crippen LogP contribution in [-0.4, -0.2) is 50.3 Å². The molecule has 188 valence electrons. The van der Waals surface area contributed by atoms with Crippen LogP contribution in [0.2, 0.25) is 0 Å². The maximum absolute atomic E-state index is 14.0. The second kappa shape index (κ2) is 9.79. The van der Waals surface area contributed by atoms with Crippen molar-refractivity contribution < 1.29 is 5.11 Å². The van der Waals surface area contributed by atoms with Crippen LogP contribution in [0.4, 0.5) is 5.95 Å². The largest absolute Gasteiger partial charge is 0.393 e. The van der Waals surface area contributed by atoms with Crippen molar-refractivity contribution in [1.29, 1.82) is 5.26 Å². The Bertz CT molecular complexity index is 1360. The molecule has 0 spiro atoms. The number of likely N-dealkylation sites (tertiary alicyclic amines) is 1. The molecular formula is C28H34N6O2. The molecule has 2 aliphatic carbocycles. The van der Waals surface area contributed by atoms with Crippen LogP contribution < -0.4 is 10.9 Å². The van der Waals surface area contributed by atoms with Crippen LogP contribution in [0.1, 0.15) is 63.0 Å². The van der Waals surface area contributed by atoms with E-state index in [1.165, 1.54) is 12.8 Å². The molecule has 8 nitrogen and oxygen atoms in total. The molecule has 3 aromatic rings. The summed E-state index contributed by atoms with van der Waals surface area (Å²) in [5, 5.41) is 25.1. The van der Waals surface area contributed by atoms with Gasteiger partial charge in [-0.05, 0) is 87.4 Å². The van der Waals surface area contributed by atoms with Gasteiger partial charge in [0.1, 0.15) is 5.65 Å². The van der Waals surface area contributed by atoms with E-state index in [4.69, 9.17) is 4.98 Å². The number of nitrogens with one attached hydrogen (secondary N) is 1. The zero-order valence-corrected chi connectivity index (χ0v) is 20.7. The Morgan fingerprint density at radius 2 is 1.81 bits per heavy atom. The van der Waals surface area contributed by atoms with Gasteiger partial charge in [-0.3, -0.25) is 14.3 Å². The standard InChI is InChI=1S/C28H34N6O2/c29-14-18-9-11-33(12-10-18)17-20-3-8-23-24(13-20)27(36)34(21-4-6-22(35)7-5-21)26-25(23)16-31-28(32-26)30-15-19-1-2-19/h3,8,13,16,18-19,21-22,35H,1-2,4-7,9-12,15,17H2,(H,30,31,32). The van der Waals surface area contributed by atoms with E-state index < -0.39 is 0 Å². The average molecular weight is 487 g/mol. The fourth-order valence-electron chi connectivity index (χ4n) is 5.85.